The van der Waals surface area contributed by atoms with Crippen LogP contribution in [-0.4, -0.2) is 44.8 Å². The number of anilines is 1. The first-order valence-electron chi connectivity index (χ1n) is 15.6. The van der Waals surface area contributed by atoms with Gasteiger partial charge in [0.15, 0.2) is 11.5 Å². The lowest BCUT2D eigenvalue weighted by Crippen LogP contribution is -2.26. The number of aryl methyl sites for hydroxylation is 1. The Morgan fingerprint density at radius 1 is 0.814 bits per heavy atom. The summed E-state index contributed by atoms with van der Waals surface area (Å²) in [6.07, 6.45) is 8.49. The van der Waals surface area contributed by atoms with E-state index in [0.29, 0.717) is 18.3 Å². The Balaban J connectivity index is 1.08. The number of rotatable bonds is 14. The second-order valence-corrected chi connectivity index (χ2v) is 11.9. The van der Waals surface area contributed by atoms with Gasteiger partial charge in [-0.25, -0.2) is 9.97 Å². The summed E-state index contributed by atoms with van der Waals surface area (Å²) >= 11 is 0. The molecule has 0 unspecified atom stereocenters. The second kappa shape index (κ2) is 15.1. The summed E-state index contributed by atoms with van der Waals surface area (Å²) in [6, 6.07) is 22.5. The van der Waals surface area contributed by atoms with Gasteiger partial charge in [-0.05, 0) is 61.4 Å². The molecule has 1 aromatic heterocycles. The van der Waals surface area contributed by atoms with Crippen molar-refractivity contribution in [3.63, 3.8) is 0 Å². The summed E-state index contributed by atoms with van der Waals surface area (Å²) in [7, 11) is 7.44. The molecule has 0 saturated heterocycles. The minimum absolute atomic E-state index is 0.511. The van der Waals surface area contributed by atoms with E-state index in [1.807, 2.05) is 30.3 Å². The predicted molar refractivity (Wildman–Crippen MR) is 174 cm³/mol. The van der Waals surface area contributed by atoms with Crippen LogP contribution in [0.2, 0.25) is 0 Å². The molecule has 1 saturated carbocycles. The number of aromatic nitrogens is 2. The molecule has 43 heavy (non-hydrogen) atoms. The second-order valence-electron chi connectivity index (χ2n) is 11.9. The number of methoxy groups -OCH3 is 2. The van der Waals surface area contributed by atoms with E-state index < -0.39 is 0 Å². The molecule has 228 valence electrons. The third kappa shape index (κ3) is 8.17. The molecule has 1 fully saturated rings. The van der Waals surface area contributed by atoms with Crippen LogP contribution in [0.3, 0.4) is 0 Å². The fourth-order valence-electron chi connectivity index (χ4n) is 6.15. The molecule has 0 atom stereocenters. The molecule has 1 N–H and O–H groups in total. The smallest absolute Gasteiger partial charge is 0.164 e. The Labute approximate surface area is 256 Å². The predicted octanol–water partition coefficient (Wildman–Crippen LogP) is 7.21. The average Bonchev–Trinajstić information content (AvgIpc) is 3.04. The molecule has 5 rings (SSSR count). The number of hydrogen-bond donors (Lipinski definition) is 1. The maximum atomic E-state index is 6.24. The maximum absolute atomic E-state index is 6.24. The van der Waals surface area contributed by atoms with Crippen LogP contribution in [0.15, 0.2) is 66.7 Å². The number of nitrogens with zero attached hydrogens (tertiary/aromatic N) is 3. The van der Waals surface area contributed by atoms with Gasteiger partial charge in [0.2, 0.25) is 0 Å². The van der Waals surface area contributed by atoms with Crippen molar-refractivity contribution in [2.75, 3.05) is 39.8 Å². The fourth-order valence-corrected chi connectivity index (χ4v) is 6.15. The standard InChI is InChI=1S/C36H46N4O3/c1-40(2)36-30-14-8-9-15-31(30)38-35(39-36)16-10-13-26-17-19-27(20-18-26)23-37-24-29-21-33(41-3)34(42-4)22-32(29)43-25-28-11-6-5-7-12-28/h5-9,11-12,14-15,21-22,26-27,37H,10,13,16-20,23-25H2,1-4H3. The Morgan fingerprint density at radius 2 is 1.51 bits per heavy atom. The molecule has 0 bridgehead atoms. The van der Waals surface area contributed by atoms with E-state index in [0.717, 1.165) is 77.0 Å². The van der Waals surface area contributed by atoms with Gasteiger partial charge in [0.05, 0.1) is 19.7 Å². The normalized spacial score (nSPS) is 16.7. The molecule has 1 aliphatic rings. The van der Waals surface area contributed by atoms with Crippen molar-refractivity contribution < 1.29 is 14.2 Å². The molecule has 7 heteroatoms. The van der Waals surface area contributed by atoms with Crippen LogP contribution >= 0.6 is 0 Å². The lowest BCUT2D eigenvalue weighted by molar-refractivity contribution is 0.253. The lowest BCUT2D eigenvalue weighted by Gasteiger charge is -2.29. The van der Waals surface area contributed by atoms with Crippen LogP contribution in [0.5, 0.6) is 17.2 Å². The van der Waals surface area contributed by atoms with Crippen molar-refractivity contribution in [2.24, 2.45) is 11.8 Å². The van der Waals surface area contributed by atoms with Crippen LogP contribution in [0, 0.1) is 11.8 Å². The summed E-state index contributed by atoms with van der Waals surface area (Å²) in [5.41, 5.74) is 3.25. The van der Waals surface area contributed by atoms with E-state index in [-0.39, 0.29) is 0 Å². The summed E-state index contributed by atoms with van der Waals surface area (Å²) in [6.45, 7) is 2.25. The molecule has 0 spiro atoms. The zero-order chi connectivity index (χ0) is 30.0. The van der Waals surface area contributed by atoms with E-state index in [1.165, 1.54) is 32.1 Å². The molecular weight excluding hydrogens is 536 g/mol. The van der Waals surface area contributed by atoms with Crippen molar-refractivity contribution in [3.8, 4) is 17.2 Å². The monoisotopic (exact) mass is 582 g/mol. The highest BCUT2D eigenvalue weighted by Crippen LogP contribution is 2.36. The molecule has 0 radical (unpaired) electrons. The third-order valence-corrected chi connectivity index (χ3v) is 8.58. The summed E-state index contributed by atoms with van der Waals surface area (Å²) in [4.78, 5) is 11.8. The Bertz CT molecular complexity index is 1450. The number of fused-ring (bicyclic) bond motifs is 1. The van der Waals surface area contributed by atoms with E-state index in [4.69, 9.17) is 24.2 Å². The number of para-hydroxylation sites is 1. The topological polar surface area (TPSA) is 68.7 Å². The molecule has 7 nitrogen and oxygen atoms in total. The van der Waals surface area contributed by atoms with Crippen molar-refractivity contribution in [3.05, 3.63) is 83.7 Å². The largest absolute Gasteiger partial charge is 0.493 e. The molecule has 4 aromatic rings. The lowest BCUT2D eigenvalue weighted by atomic mass is 9.80. The van der Waals surface area contributed by atoms with E-state index in [9.17, 15) is 0 Å². The number of nitrogens with one attached hydrogen (secondary N) is 1. The van der Waals surface area contributed by atoms with Gasteiger partial charge in [0, 0.05) is 44.1 Å². The number of hydrogen-bond acceptors (Lipinski definition) is 7. The van der Waals surface area contributed by atoms with Gasteiger partial charge in [0.1, 0.15) is 24.0 Å². The highest BCUT2D eigenvalue weighted by molar-refractivity contribution is 5.89. The van der Waals surface area contributed by atoms with Crippen LogP contribution < -0.4 is 24.4 Å². The van der Waals surface area contributed by atoms with Gasteiger partial charge < -0.3 is 24.4 Å². The van der Waals surface area contributed by atoms with Crippen LogP contribution in [-0.2, 0) is 19.6 Å². The van der Waals surface area contributed by atoms with Gasteiger partial charge in [-0.3, -0.25) is 0 Å². The number of benzene rings is 3. The fraction of sp³-hybridized carbons (Fsp3) is 0.444. The van der Waals surface area contributed by atoms with Crippen molar-refractivity contribution in [2.45, 2.75) is 58.1 Å². The minimum Gasteiger partial charge on any atom is -0.493 e. The SMILES string of the molecule is COc1cc(CNCC2CCC(CCCc3nc(N(C)C)c4ccccc4n3)CC2)c(OCc2ccccc2)cc1OC. The summed E-state index contributed by atoms with van der Waals surface area (Å²) in [5, 5.41) is 4.83. The van der Waals surface area contributed by atoms with Gasteiger partial charge in [-0.15, -0.1) is 0 Å². The average molecular weight is 583 g/mol. The van der Waals surface area contributed by atoms with Crippen LogP contribution in [0.25, 0.3) is 10.9 Å². The van der Waals surface area contributed by atoms with Crippen molar-refractivity contribution >= 4 is 16.7 Å². The van der Waals surface area contributed by atoms with Crippen LogP contribution in [0.1, 0.15) is 55.5 Å². The zero-order valence-electron chi connectivity index (χ0n) is 26.1. The molecule has 0 aliphatic heterocycles. The molecule has 3 aromatic carbocycles. The Hall–Kier alpha value is -3.84. The van der Waals surface area contributed by atoms with Gasteiger partial charge >= 0.3 is 0 Å². The molecule has 1 aliphatic carbocycles. The summed E-state index contributed by atoms with van der Waals surface area (Å²) in [5.74, 6) is 5.70. The minimum atomic E-state index is 0.511. The van der Waals surface area contributed by atoms with Crippen molar-refractivity contribution in [1.29, 1.82) is 0 Å². The summed E-state index contributed by atoms with van der Waals surface area (Å²) < 4.78 is 17.4. The van der Waals surface area contributed by atoms with E-state index in [2.05, 4.69) is 60.7 Å². The highest BCUT2D eigenvalue weighted by atomic mass is 16.5. The molecule has 0 amide bonds. The Morgan fingerprint density at radius 3 is 2.26 bits per heavy atom. The van der Waals surface area contributed by atoms with Gasteiger partial charge in [0.25, 0.3) is 0 Å². The molecular formula is C36H46N4O3. The first-order valence-corrected chi connectivity index (χ1v) is 15.6. The maximum Gasteiger partial charge on any atom is 0.164 e. The zero-order valence-corrected chi connectivity index (χ0v) is 26.1. The van der Waals surface area contributed by atoms with Gasteiger partial charge in [-0.2, -0.15) is 0 Å². The highest BCUT2D eigenvalue weighted by Gasteiger charge is 2.21. The van der Waals surface area contributed by atoms with E-state index >= 15 is 0 Å². The van der Waals surface area contributed by atoms with Crippen LogP contribution in [0.4, 0.5) is 5.82 Å². The molecule has 1 heterocycles. The van der Waals surface area contributed by atoms with E-state index in [1.54, 1.807) is 14.2 Å². The van der Waals surface area contributed by atoms with Crippen molar-refractivity contribution in [1.82, 2.24) is 15.3 Å². The first-order chi connectivity index (χ1) is 21.0. The Kier molecular flexibility index (Phi) is 10.7. The first kappa shape index (κ1) is 30.6. The number of ether oxygens (including phenoxy) is 3. The van der Waals surface area contributed by atoms with Gasteiger partial charge in [-0.1, -0.05) is 61.7 Å². The quantitative estimate of drug-likeness (QED) is 0.168. The third-order valence-electron chi connectivity index (χ3n) is 8.58.